The Morgan fingerprint density at radius 2 is 1.80 bits per heavy atom. The number of thiocarbonyl (C=S) groups is 1. The third-order valence-electron chi connectivity index (χ3n) is 2.26. The van der Waals surface area contributed by atoms with Crippen molar-refractivity contribution in [3.63, 3.8) is 0 Å². The molecule has 0 heterocycles. The van der Waals surface area contributed by atoms with Gasteiger partial charge in [-0.25, -0.2) is 4.79 Å². The van der Waals surface area contributed by atoms with Crippen molar-refractivity contribution in [2.45, 2.75) is 26.3 Å². The summed E-state index contributed by atoms with van der Waals surface area (Å²) >= 11 is 5.05. The average Bonchev–Trinajstić information content (AvgIpc) is 2.35. The zero-order chi connectivity index (χ0) is 15.3. The Morgan fingerprint density at radius 3 is 2.35 bits per heavy atom. The van der Waals surface area contributed by atoms with E-state index in [1.54, 1.807) is 18.2 Å². The van der Waals surface area contributed by atoms with Crippen LogP contribution in [-0.2, 0) is 4.74 Å². The highest BCUT2D eigenvalue weighted by atomic mass is 32.1. The number of carbonyl (C=O) groups is 2. The van der Waals surface area contributed by atoms with Gasteiger partial charge < -0.3 is 10.1 Å². The Morgan fingerprint density at radius 1 is 1.20 bits per heavy atom. The molecule has 2 N–H and O–H groups in total. The van der Waals surface area contributed by atoms with Crippen molar-refractivity contribution in [1.82, 2.24) is 10.6 Å². The summed E-state index contributed by atoms with van der Waals surface area (Å²) in [7, 11) is 1.29. The summed E-state index contributed by atoms with van der Waals surface area (Å²) in [5.41, 5.74) is 0.416. The molecule has 0 aliphatic heterocycles. The molecule has 1 aromatic rings. The number of benzene rings is 1. The van der Waals surface area contributed by atoms with Crippen LogP contribution in [0.15, 0.2) is 24.3 Å². The molecule has 0 bridgehead atoms. The van der Waals surface area contributed by atoms with Gasteiger partial charge in [0, 0.05) is 11.1 Å². The number of hydrogen-bond acceptors (Lipinski definition) is 4. The summed E-state index contributed by atoms with van der Waals surface area (Å²) in [5, 5.41) is 5.78. The van der Waals surface area contributed by atoms with Crippen molar-refractivity contribution in [3.05, 3.63) is 35.4 Å². The van der Waals surface area contributed by atoms with Crippen LogP contribution in [0.2, 0.25) is 0 Å². The van der Waals surface area contributed by atoms with Crippen molar-refractivity contribution in [1.29, 1.82) is 0 Å². The highest BCUT2D eigenvalue weighted by Gasteiger charge is 2.15. The van der Waals surface area contributed by atoms with Gasteiger partial charge >= 0.3 is 5.97 Å². The van der Waals surface area contributed by atoms with Gasteiger partial charge in [0.2, 0.25) is 0 Å². The lowest BCUT2D eigenvalue weighted by Crippen LogP contribution is -2.48. The topological polar surface area (TPSA) is 67.4 Å². The Hall–Kier alpha value is -1.95. The summed E-state index contributed by atoms with van der Waals surface area (Å²) in [5.74, 6) is -0.868. The van der Waals surface area contributed by atoms with Crippen LogP contribution < -0.4 is 10.6 Å². The van der Waals surface area contributed by atoms with E-state index in [1.165, 1.54) is 13.2 Å². The molecule has 0 aromatic heterocycles. The summed E-state index contributed by atoms with van der Waals surface area (Å²) < 4.78 is 4.61. The zero-order valence-electron chi connectivity index (χ0n) is 11.9. The van der Waals surface area contributed by atoms with Crippen LogP contribution in [0.5, 0.6) is 0 Å². The second kappa shape index (κ2) is 6.47. The molecule has 1 rings (SSSR count). The van der Waals surface area contributed by atoms with Gasteiger partial charge in [0.25, 0.3) is 5.91 Å². The lowest BCUT2D eigenvalue weighted by atomic mass is 10.1. The monoisotopic (exact) mass is 294 g/mol. The molecule has 0 atom stereocenters. The van der Waals surface area contributed by atoms with Crippen molar-refractivity contribution < 1.29 is 14.3 Å². The van der Waals surface area contributed by atoms with E-state index in [2.05, 4.69) is 15.4 Å². The molecule has 1 aromatic carbocycles. The van der Waals surface area contributed by atoms with E-state index in [0.717, 1.165) is 0 Å². The highest BCUT2D eigenvalue weighted by molar-refractivity contribution is 7.80. The minimum atomic E-state index is -0.491. The first-order valence-corrected chi connectivity index (χ1v) is 6.45. The third-order valence-corrected chi connectivity index (χ3v) is 2.47. The quantitative estimate of drug-likeness (QED) is 0.644. The molecule has 0 unspecified atom stereocenters. The predicted molar refractivity (Wildman–Crippen MR) is 80.7 cm³/mol. The molecule has 0 aliphatic rings. The standard InChI is InChI=1S/C14H18N2O3S/c1-14(2,3)16-13(20)15-11(17)9-6-5-7-10(8-9)12(18)19-4/h5-8H,1-4H3,(H2,15,16,17,20). The molecule has 0 saturated carbocycles. The van der Waals surface area contributed by atoms with Gasteiger partial charge in [-0.3, -0.25) is 10.1 Å². The second-order valence-electron chi connectivity index (χ2n) is 5.23. The molecule has 108 valence electrons. The van der Waals surface area contributed by atoms with E-state index in [0.29, 0.717) is 11.1 Å². The SMILES string of the molecule is COC(=O)c1cccc(C(=O)NC(=S)NC(C)(C)C)c1. The first kappa shape index (κ1) is 16.1. The Labute approximate surface area is 123 Å². The normalized spacial score (nSPS) is 10.6. The lowest BCUT2D eigenvalue weighted by Gasteiger charge is -2.22. The number of amides is 1. The number of methoxy groups -OCH3 is 1. The van der Waals surface area contributed by atoms with Gasteiger partial charge in [0.1, 0.15) is 0 Å². The lowest BCUT2D eigenvalue weighted by molar-refractivity contribution is 0.0600. The molecule has 5 nitrogen and oxygen atoms in total. The van der Waals surface area contributed by atoms with Crippen LogP contribution in [0.25, 0.3) is 0 Å². The first-order chi connectivity index (χ1) is 9.23. The van der Waals surface area contributed by atoms with Crippen LogP contribution in [0.1, 0.15) is 41.5 Å². The molecule has 20 heavy (non-hydrogen) atoms. The molecule has 0 radical (unpaired) electrons. The van der Waals surface area contributed by atoms with Gasteiger partial charge in [-0.15, -0.1) is 0 Å². The van der Waals surface area contributed by atoms with Crippen molar-refractivity contribution in [2.24, 2.45) is 0 Å². The van der Waals surface area contributed by atoms with Crippen molar-refractivity contribution >= 4 is 29.2 Å². The number of hydrogen-bond donors (Lipinski definition) is 2. The largest absolute Gasteiger partial charge is 0.465 e. The summed E-state index contributed by atoms with van der Waals surface area (Å²) in [4.78, 5) is 23.4. The zero-order valence-corrected chi connectivity index (χ0v) is 12.8. The average molecular weight is 294 g/mol. The van der Waals surface area contributed by atoms with E-state index < -0.39 is 5.97 Å². The molecule has 1 amide bonds. The number of rotatable bonds is 2. The van der Waals surface area contributed by atoms with Gasteiger partial charge in [-0.05, 0) is 51.2 Å². The van der Waals surface area contributed by atoms with Crippen LogP contribution in [0.3, 0.4) is 0 Å². The Balaban J connectivity index is 2.78. The van der Waals surface area contributed by atoms with Crippen LogP contribution in [-0.4, -0.2) is 29.6 Å². The maximum Gasteiger partial charge on any atom is 0.337 e. The molecule has 0 aliphatic carbocycles. The first-order valence-electron chi connectivity index (χ1n) is 6.05. The maximum absolute atomic E-state index is 12.0. The van der Waals surface area contributed by atoms with Gasteiger partial charge in [-0.2, -0.15) is 0 Å². The third kappa shape index (κ3) is 4.97. The number of ether oxygens (including phenoxy) is 1. The Kier molecular flexibility index (Phi) is 5.21. The van der Waals surface area contributed by atoms with Gasteiger partial charge in [0.15, 0.2) is 5.11 Å². The maximum atomic E-state index is 12.0. The molecule has 6 heteroatoms. The Bertz CT molecular complexity index is 535. The van der Waals surface area contributed by atoms with E-state index in [9.17, 15) is 9.59 Å². The number of nitrogens with one attached hydrogen (secondary N) is 2. The minimum absolute atomic E-state index is 0.238. The minimum Gasteiger partial charge on any atom is -0.465 e. The predicted octanol–water partition coefficient (Wildman–Crippen LogP) is 1.88. The van der Waals surface area contributed by atoms with Crippen LogP contribution in [0, 0.1) is 0 Å². The van der Waals surface area contributed by atoms with E-state index >= 15 is 0 Å². The van der Waals surface area contributed by atoms with Gasteiger partial charge in [-0.1, -0.05) is 6.07 Å². The summed E-state index contributed by atoms with van der Waals surface area (Å²) in [6.07, 6.45) is 0. The van der Waals surface area contributed by atoms with Crippen molar-refractivity contribution in [3.8, 4) is 0 Å². The fourth-order valence-corrected chi connectivity index (χ4v) is 1.85. The molecule has 0 saturated heterocycles. The van der Waals surface area contributed by atoms with E-state index in [1.807, 2.05) is 20.8 Å². The molecular weight excluding hydrogens is 276 g/mol. The summed E-state index contributed by atoms with van der Waals surface area (Å²) in [6.45, 7) is 5.80. The van der Waals surface area contributed by atoms with Crippen LogP contribution >= 0.6 is 12.2 Å². The number of esters is 1. The highest BCUT2D eigenvalue weighted by Crippen LogP contribution is 2.07. The molecular formula is C14H18N2O3S. The van der Waals surface area contributed by atoms with Crippen molar-refractivity contribution in [2.75, 3.05) is 7.11 Å². The fraction of sp³-hybridized carbons (Fsp3) is 0.357. The van der Waals surface area contributed by atoms with E-state index in [-0.39, 0.29) is 16.6 Å². The fourth-order valence-electron chi connectivity index (χ4n) is 1.45. The van der Waals surface area contributed by atoms with Gasteiger partial charge in [0.05, 0.1) is 12.7 Å². The van der Waals surface area contributed by atoms with E-state index in [4.69, 9.17) is 12.2 Å². The second-order valence-corrected chi connectivity index (χ2v) is 5.64. The summed E-state index contributed by atoms with van der Waals surface area (Å²) in [6, 6.07) is 6.25. The molecule has 0 fully saturated rings. The van der Waals surface area contributed by atoms with Crippen LogP contribution in [0.4, 0.5) is 0 Å². The smallest absolute Gasteiger partial charge is 0.337 e. The molecule has 0 spiro atoms. The number of carbonyl (C=O) groups excluding carboxylic acids is 2.